The summed E-state index contributed by atoms with van der Waals surface area (Å²) in [5.74, 6) is 0. The lowest BCUT2D eigenvalue weighted by atomic mass is 9.33. The first-order valence-corrected chi connectivity index (χ1v) is 27.5. The molecule has 370 valence electrons. The Morgan fingerprint density at radius 3 is 1.64 bits per heavy atom. The average Bonchev–Trinajstić information content (AvgIpc) is 3.42. The van der Waals surface area contributed by atoms with E-state index < -0.39 is 0 Å². The second-order valence-corrected chi connectivity index (χ2v) is 26.0. The fourth-order valence-corrected chi connectivity index (χ4v) is 13.2. The zero-order valence-electron chi connectivity index (χ0n) is 46.0. The number of fused-ring (bicyclic) bond motifs is 6. The van der Waals surface area contributed by atoms with Gasteiger partial charge in [-0.2, -0.15) is 0 Å². The first kappa shape index (κ1) is 48.1. The van der Waals surface area contributed by atoms with E-state index in [1.54, 1.807) is 0 Å². The number of anilines is 6. The molecule has 0 aromatic heterocycles. The molecule has 0 atom stereocenters. The lowest BCUT2D eigenvalue weighted by Crippen LogP contribution is -2.62. The second-order valence-electron chi connectivity index (χ2n) is 26.0. The molecular weight excluding hydrogens is 892 g/mol. The largest absolute Gasteiger partial charge is 0.311 e. The molecule has 2 nitrogen and oxygen atoms in total. The van der Waals surface area contributed by atoms with Gasteiger partial charge in [-0.1, -0.05) is 204 Å². The summed E-state index contributed by atoms with van der Waals surface area (Å²) in [7, 11) is 0. The van der Waals surface area contributed by atoms with Crippen molar-refractivity contribution in [2.45, 2.75) is 136 Å². The van der Waals surface area contributed by atoms with Crippen molar-refractivity contribution in [1.29, 1.82) is 0 Å². The Hall–Kier alpha value is -6.84. The van der Waals surface area contributed by atoms with Crippen molar-refractivity contribution in [3.05, 3.63) is 220 Å². The molecule has 0 spiro atoms. The molecule has 3 heteroatoms. The fraction of sp³-hybridized carbons (Fsp3) is 0.296. The molecule has 0 amide bonds. The fourth-order valence-electron chi connectivity index (χ4n) is 13.2. The SMILES string of the molecule is Cc1ccc(-c2ccccc2)cc1N1c2ccc(/C(=C\c3ccccc3)c3ccccc3)cc2B2c3cc4c(cc3N(c3ccc5c(c3)C(C)(C)CCC5(C)C)c3cc(C(C)(C)C)cc1c32)C(C)(C)CCC4(C)C. The molecule has 2 heterocycles. The van der Waals surface area contributed by atoms with Crippen LogP contribution in [0.2, 0.25) is 0 Å². The maximum atomic E-state index is 2.72. The Kier molecular flexibility index (Phi) is 11.1. The molecule has 2 aliphatic heterocycles. The van der Waals surface area contributed by atoms with E-state index in [1.165, 1.54) is 130 Å². The van der Waals surface area contributed by atoms with Gasteiger partial charge in [-0.15, -0.1) is 0 Å². The minimum absolute atomic E-state index is 0.0185. The smallest absolute Gasteiger partial charge is 0.252 e. The van der Waals surface area contributed by atoms with Crippen molar-refractivity contribution in [3.8, 4) is 11.1 Å². The van der Waals surface area contributed by atoms with E-state index in [0.29, 0.717) is 0 Å². The number of aryl methyl sites for hydroxylation is 1. The van der Waals surface area contributed by atoms with E-state index in [1.807, 2.05) is 0 Å². The third-order valence-corrected chi connectivity index (χ3v) is 18.1. The van der Waals surface area contributed by atoms with Gasteiger partial charge in [0.1, 0.15) is 0 Å². The molecule has 4 aliphatic rings. The van der Waals surface area contributed by atoms with E-state index in [0.717, 1.165) is 12.8 Å². The molecular formula is C71H73BN2. The second kappa shape index (κ2) is 17.1. The normalized spacial score (nSPS) is 17.7. The van der Waals surface area contributed by atoms with Crippen molar-refractivity contribution >= 4 is 68.9 Å². The Labute approximate surface area is 443 Å². The molecule has 2 aliphatic carbocycles. The van der Waals surface area contributed by atoms with Gasteiger partial charge in [-0.25, -0.2) is 0 Å². The van der Waals surface area contributed by atoms with Gasteiger partial charge in [0.05, 0.1) is 0 Å². The summed E-state index contributed by atoms with van der Waals surface area (Å²) in [6, 6.07) is 65.4. The van der Waals surface area contributed by atoms with Crippen molar-refractivity contribution in [3.63, 3.8) is 0 Å². The average molecular weight is 965 g/mol. The summed E-state index contributed by atoms with van der Waals surface area (Å²) in [4.78, 5) is 5.38. The molecule has 0 N–H and O–H groups in total. The molecule has 0 saturated carbocycles. The highest BCUT2D eigenvalue weighted by atomic mass is 15.2. The monoisotopic (exact) mass is 965 g/mol. The Morgan fingerprint density at radius 1 is 0.446 bits per heavy atom. The highest BCUT2D eigenvalue weighted by Gasteiger charge is 2.48. The number of hydrogen-bond acceptors (Lipinski definition) is 2. The topological polar surface area (TPSA) is 6.48 Å². The van der Waals surface area contributed by atoms with Gasteiger partial charge in [-0.05, 0) is 191 Å². The van der Waals surface area contributed by atoms with Gasteiger partial charge in [0.15, 0.2) is 0 Å². The summed E-state index contributed by atoms with van der Waals surface area (Å²) < 4.78 is 0. The number of rotatable bonds is 6. The maximum absolute atomic E-state index is 2.72. The first-order chi connectivity index (χ1) is 35.2. The molecule has 0 bridgehead atoms. The Morgan fingerprint density at radius 2 is 1.00 bits per heavy atom. The van der Waals surface area contributed by atoms with Crippen LogP contribution in [0.15, 0.2) is 170 Å². The number of hydrogen-bond donors (Lipinski definition) is 0. The van der Waals surface area contributed by atoms with Crippen LogP contribution in [-0.4, -0.2) is 6.71 Å². The van der Waals surface area contributed by atoms with Crippen LogP contribution in [0, 0.1) is 6.92 Å². The van der Waals surface area contributed by atoms with Gasteiger partial charge < -0.3 is 9.80 Å². The predicted molar refractivity (Wildman–Crippen MR) is 320 cm³/mol. The van der Waals surface area contributed by atoms with Gasteiger partial charge >= 0.3 is 0 Å². The number of nitrogens with zero attached hydrogens (tertiary/aromatic N) is 2. The zero-order valence-corrected chi connectivity index (χ0v) is 46.0. The van der Waals surface area contributed by atoms with Crippen molar-refractivity contribution in [2.24, 2.45) is 0 Å². The van der Waals surface area contributed by atoms with Gasteiger partial charge in [0.25, 0.3) is 6.71 Å². The van der Waals surface area contributed by atoms with Gasteiger partial charge in [0.2, 0.25) is 0 Å². The van der Waals surface area contributed by atoms with Crippen molar-refractivity contribution in [1.82, 2.24) is 0 Å². The third-order valence-electron chi connectivity index (χ3n) is 18.1. The summed E-state index contributed by atoms with van der Waals surface area (Å²) >= 11 is 0. The van der Waals surface area contributed by atoms with Crippen LogP contribution in [0.3, 0.4) is 0 Å². The summed E-state index contributed by atoms with van der Waals surface area (Å²) in [5, 5.41) is 0. The standard InChI is InChI=1S/C71H73BN2/c1-46-28-29-50(48-24-18-14-19-25-48)40-62(46)74-61-33-30-51(54(49-26-20-15-21-27-49)38-47-22-16-13-17-23-47)39-59(61)72-60-44-57-58(71(11,12)37-36-70(57,9)10)45-63(60)73(64-41-52(67(2,3)4)42-65(74)66(64)72)53-31-32-55-56(43-53)69(7,8)35-34-68(55,5)6/h13-33,38-45H,34-37H2,1-12H3/b54-38-. The Bertz CT molecular complexity index is 3550. The lowest BCUT2D eigenvalue weighted by molar-refractivity contribution is 0.332. The highest BCUT2D eigenvalue weighted by molar-refractivity contribution is 7.00. The third kappa shape index (κ3) is 7.91. The molecule has 0 unspecified atom stereocenters. The van der Waals surface area contributed by atoms with E-state index >= 15 is 0 Å². The molecule has 8 aromatic rings. The molecule has 74 heavy (non-hydrogen) atoms. The lowest BCUT2D eigenvalue weighted by Gasteiger charge is -2.48. The van der Waals surface area contributed by atoms with E-state index in [2.05, 4.69) is 269 Å². The Balaban J connectivity index is 1.22. The van der Waals surface area contributed by atoms with Crippen LogP contribution in [0.25, 0.3) is 22.8 Å². The van der Waals surface area contributed by atoms with E-state index in [9.17, 15) is 0 Å². The van der Waals surface area contributed by atoms with Crippen LogP contribution in [-0.2, 0) is 27.1 Å². The van der Waals surface area contributed by atoms with Crippen LogP contribution >= 0.6 is 0 Å². The molecule has 0 saturated heterocycles. The minimum atomic E-state index is -0.139. The quantitative estimate of drug-likeness (QED) is 0.121. The summed E-state index contributed by atoms with van der Waals surface area (Å²) in [5.41, 5.74) is 27.5. The zero-order chi connectivity index (χ0) is 51.7. The summed E-state index contributed by atoms with van der Waals surface area (Å²) in [6.45, 7) is 29.3. The molecule has 0 fully saturated rings. The number of benzene rings is 8. The minimum Gasteiger partial charge on any atom is -0.311 e. The van der Waals surface area contributed by atoms with Crippen LogP contribution in [0.5, 0.6) is 0 Å². The molecule has 12 rings (SSSR count). The first-order valence-electron chi connectivity index (χ1n) is 27.5. The van der Waals surface area contributed by atoms with Crippen LogP contribution in [0.4, 0.5) is 34.1 Å². The molecule has 8 aromatic carbocycles. The molecule has 0 radical (unpaired) electrons. The van der Waals surface area contributed by atoms with E-state index in [-0.39, 0.29) is 33.8 Å². The van der Waals surface area contributed by atoms with Crippen LogP contribution < -0.4 is 26.2 Å². The predicted octanol–water partition coefficient (Wildman–Crippen LogP) is 17.3. The van der Waals surface area contributed by atoms with Gasteiger partial charge in [-0.3, -0.25) is 0 Å². The maximum Gasteiger partial charge on any atom is 0.252 e. The summed E-state index contributed by atoms with van der Waals surface area (Å²) in [6.07, 6.45) is 7.05. The van der Waals surface area contributed by atoms with Crippen LogP contribution in [0.1, 0.15) is 152 Å². The van der Waals surface area contributed by atoms with Gasteiger partial charge in [0, 0.05) is 34.1 Å². The highest BCUT2D eigenvalue weighted by Crippen LogP contribution is 2.53. The van der Waals surface area contributed by atoms with Crippen molar-refractivity contribution in [2.75, 3.05) is 9.80 Å². The van der Waals surface area contributed by atoms with Crippen molar-refractivity contribution < 1.29 is 0 Å². The van der Waals surface area contributed by atoms with E-state index in [4.69, 9.17) is 0 Å².